The fraction of sp³-hybridized carbons (Fsp3) is 1.00. The molecule has 2 N–H and O–H groups in total. The first-order valence-corrected chi connectivity index (χ1v) is 9.10. The third-order valence-corrected chi connectivity index (χ3v) is 5.57. The first-order chi connectivity index (χ1) is 8.98. The van der Waals surface area contributed by atoms with Gasteiger partial charge in [0.25, 0.3) is 0 Å². The molecule has 0 aliphatic carbocycles. The Morgan fingerprint density at radius 3 is 2.79 bits per heavy atom. The second kappa shape index (κ2) is 6.52. The van der Waals surface area contributed by atoms with Crippen LogP contribution in [0, 0.1) is 0 Å². The van der Waals surface area contributed by atoms with Gasteiger partial charge in [0.05, 0.1) is 5.75 Å². The smallest absolute Gasteiger partial charge is 0.211 e. The Balaban J connectivity index is 1.74. The maximum atomic E-state index is 12.1. The van der Waals surface area contributed by atoms with Crippen LogP contribution in [0.25, 0.3) is 0 Å². The van der Waals surface area contributed by atoms with Gasteiger partial charge in [0, 0.05) is 24.7 Å². The van der Waals surface area contributed by atoms with Gasteiger partial charge in [-0.15, -0.1) is 0 Å². The minimum absolute atomic E-state index is 0.144. The lowest BCUT2D eigenvalue weighted by Gasteiger charge is -2.21. The summed E-state index contributed by atoms with van der Waals surface area (Å²) in [5.74, 6) is 0.232. The molecule has 0 aromatic heterocycles. The van der Waals surface area contributed by atoms with E-state index >= 15 is 0 Å². The average Bonchev–Trinajstić information content (AvgIpc) is 2.89. The molecular formula is C13H27N3O2S. The summed E-state index contributed by atoms with van der Waals surface area (Å²) in [6.07, 6.45) is 3.99. The lowest BCUT2D eigenvalue weighted by molar-refractivity contribution is 0.309. The molecule has 19 heavy (non-hydrogen) atoms. The third-order valence-electron chi connectivity index (χ3n) is 4.08. The SMILES string of the molecule is CC(C)NCCCS(=O)(=O)NC1CCN2CCCC12. The van der Waals surface area contributed by atoms with E-state index in [1.807, 2.05) is 0 Å². The van der Waals surface area contributed by atoms with Gasteiger partial charge in [-0.05, 0) is 38.8 Å². The number of hydrogen-bond donors (Lipinski definition) is 2. The van der Waals surface area contributed by atoms with E-state index in [9.17, 15) is 8.42 Å². The molecule has 2 atom stereocenters. The van der Waals surface area contributed by atoms with Gasteiger partial charge in [0.1, 0.15) is 0 Å². The summed E-state index contributed by atoms with van der Waals surface area (Å²) < 4.78 is 27.0. The second-order valence-corrected chi connectivity index (χ2v) is 7.91. The molecule has 2 saturated heterocycles. The molecule has 0 bridgehead atoms. The largest absolute Gasteiger partial charge is 0.314 e. The minimum atomic E-state index is -3.12. The Hall–Kier alpha value is -0.170. The quantitative estimate of drug-likeness (QED) is 0.671. The molecular weight excluding hydrogens is 262 g/mol. The molecule has 5 nitrogen and oxygen atoms in total. The molecule has 0 saturated carbocycles. The van der Waals surface area contributed by atoms with Crippen molar-refractivity contribution in [1.82, 2.24) is 14.9 Å². The molecule has 112 valence electrons. The van der Waals surface area contributed by atoms with Gasteiger partial charge in [-0.1, -0.05) is 13.8 Å². The van der Waals surface area contributed by atoms with Crippen molar-refractivity contribution in [3.05, 3.63) is 0 Å². The van der Waals surface area contributed by atoms with E-state index in [1.54, 1.807) is 0 Å². The highest BCUT2D eigenvalue weighted by molar-refractivity contribution is 7.89. The molecule has 6 heteroatoms. The summed E-state index contributed by atoms with van der Waals surface area (Å²) in [4.78, 5) is 2.42. The highest BCUT2D eigenvalue weighted by Gasteiger charge is 2.38. The van der Waals surface area contributed by atoms with Gasteiger partial charge in [-0.2, -0.15) is 0 Å². The number of nitrogens with zero attached hydrogens (tertiary/aromatic N) is 1. The standard InChI is InChI=1S/C13H27N3O2S/c1-11(2)14-7-4-10-19(17,18)15-12-6-9-16-8-3-5-13(12)16/h11-15H,3-10H2,1-2H3. The zero-order valence-electron chi connectivity index (χ0n) is 12.1. The zero-order chi connectivity index (χ0) is 13.9. The van der Waals surface area contributed by atoms with Crippen molar-refractivity contribution in [3.8, 4) is 0 Å². The van der Waals surface area contributed by atoms with Gasteiger partial charge in [-0.3, -0.25) is 4.90 Å². The maximum absolute atomic E-state index is 12.1. The van der Waals surface area contributed by atoms with Crippen LogP contribution >= 0.6 is 0 Å². The number of nitrogens with one attached hydrogen (secondary N) is 2. The molecule has 2 aliphatic rings. The monoisotopic (exact) mass is 289 g/mol. The summed E-state index contributed by atoms with van der Waals surface area (Å²) in [5.41, 5.74) is 0. The van der Waals surface area contributed by atoms with E-state index < -0.39 is 10.0 Å². The molecule has 0 spiro atoms. The minimum Gasteiger partial charge on any atom is -0.314 e. The Labute approximate surface area is 117 Å². The second-order valence-electron chi connectivity index (χ2n) is 6.04. The van der Waals surface area contributed by atoms with Gasteiger partial charge < -0.3 is 5.32 Å². The van der Waals surface area contributed by atoms with Crippen LogP contribution in [0.1, 0.15) is 39.5 Å². The Kier molecular flexibility index (Phi) is 5.22. The van der Waals surface area contributed by atoms with Gasteiger partial charge in [0.15, 0.2) is 0 Å². The summed E-state index contributed by atoms with van der Waals surface area (Å²) in [7, 11) is -3.12. The van der Waals surface area contributed by atoms with E-state index in [4.69, 9.17) is 0 Å². The lowest BCUT2D eigenvalue weighted by Crippen LogP contribution is -2.43. The highest BCUT2D eigenvalue weighted by atomic mass is 32.2. The molecule has 0 radical (unpaired) electrons. The highest BCUT2D eigenvalue weighted by Crippen LogP contribution is 2.28. The summed E-state index contributed by atoms with van der Waals surface area (Å²) in [5, 5.41) is 3.25. The van der Waals surface area contributed by atoms with Crippen LogP contribution in [-0.2, 0) is 10.0 Å². The molecule has 2 unspecified atom stereocenters. The normalized spacial score (nSPS) is 28.2. The fourth-order valence-corrected chi connectivity index (χ4v) is 4.54. The number of sulfonamides is 1. The number of rotatable bonds is 7. The number of hydrogen-bond acceptors (Lipinski definition) is 4. The summed E-state index contributed by atoms with van der Waals surface area (Å²) in [6.45, 7) is 7.09. The van der Waals surface area contributed by atoms with Crippen molar-refractivity contribution < 1.29 is 8.42 Å². The molecule has 2 heterocycles. The van der Waals surface area contributed by atoms with E-state index in [2.05, 4.69) is 28.8 Å². The van der Waals surface area contributed by atoms with Crippen molar-refractivity contribution in [2.45, 2.75) is 57.7 Å². The lowest BCUT2D eigenvalue weighted by atomic mass is 10.1. The molecule has 2 aliphatic heterocycles. The summed E-state index contributed by atoms with van der Waals surface area (Å²) in [6, 6.07) is 1.01. The van der Waals surface area contributed by atoms with Crippen molar-refractivity contribution in [1.29, 1.82) is 0 Å². The molecule has 0 aromatic rings. The average molecular weight is 289 g/mol. The fourth-order valence-electron chi connectivity index (χ4n) is 3.16. The Bertz CT molecular complexity index is 383. The van der Waals surface area contributed by atoms with Crippen LogP contribution < -0.4 is 10.0 Å². The first-order valence-electron chi connectivity index (χ1n) is 7.45. The topological polar surface area (TPSA) is 61.4 Å². The van der Waals surface area contributed by atoms with Crippen molar-refractivity contribution in [3.63, 3.8) is 0 Å². The predicted molar refractivity (Wildman–Crippen MR) is 77.7 cm³/mol. The van der Waals surface area contributed by atoms with Crippen LogP contribution in [0.2, 0.25) is 0 Å². The maximum Gasteiger partial charge on any atom is 0.211 e. The number of fused-ring (bicyclic) bond motifs is 1. The van der Waals surface area contributed by atoms with E-state index in [0.29, 0.717) is 18.5 Å². The van der Waals surface area contributed by atoms with Gasteiger partial charge in [0.2, 0.25) is 10.0 Å². The van der Waals surface area contributed by atoms with Crippen LogP contribution in [0.3, 0.4) is 0 Å². The zero-order valence-corrected chi connectivity index (χ0v) is 12.9. The summed E-state index contributed by atoms with van der Waals surface area (Å²) >= 11 is 0. The van der Waals surface area contributed by atoms with Crippen molar-refractivity contribution >= 4 is 10.0 Å². The molecule has 0 amide bonds. The molecule has 2 fully saturated rings. The van der Waals surface area contributed by atoms with Crippen molar-refractivity contribution in [2.75, 3.05) is 25.4 Å². The van der Waals surface area contributed by atoms with Crippen LogP contribution in [0.15, 0.2) is 0 Å². The van der Waals surface area contributed by atoms with E-state index in [1.165, 1.54) is 6.42 Å². The van der Waals surface area contributed by atoms with E-state index in [0.717, 1.165) is 32.5 Å². The van der Waals surface area contributed by atoms with Crippen LogP contribution in [0.5, 0.6) is 0 Å². The van der Waals surface area contributed by atoms with Gasteiger partial charge in [-0.25, -0.2) is 13.1 Å². The van der Waals surface area contributed by atoms with Crippen LogP contribution in [0.4, 0.5) is 0 Å². The van der Waals surface area contributed by atoms with E-state index in [-0.39, 0.29) is 11.8 Å². The third kappa shape index (κ3) is 4.41. The first kappa shape index (κ1) is 15.2. The van der Waals surface area contributed by atoms with Gasteiger partial charge >= 0.3 is 0 Å². The van der Waals surface area contributed by atoms with Crippen LogP contribution in [-0.4, -0.2) is 56.8 Å². The molecule has 2 rings (SSSR count). The predicted octanol–water partition coefficient (Wildman–Crippen LogP) is 0.531. The Morgan fingerprint density at radius 1 is 1.26 bits per heavy atom. The Morgan fingerprint density at radius 2 is 2.05 bits per heavy atom. The molecule has 0 aromatic carbocycles. The van der Waals surface area contributed by atoms with Crippen molar-refractivity contribution in [2.24, 2.45) is 0 Å².